The van der Waals surface area contributed by atoms with E-state index in [9.17, 15) is 9.18 Å². The van der Waals surface area contributed by atoms with Gasteiger partial charge in [0, 0.05) is 11.8 Å². The third-order valence-corrected chi connectivity index (χ3v) is 3.82. The minimum absolute atomic E-state index is 0.0749. The Morgan fingerprint density at radius 3 is 2.74 bits per heavy atom. The van der Waals surface area contributed by atoms with Gasteiger partial charge in [0.25, 0.3) is 5.91 Å². The van der Waals surface area contributed by atoms with Crippen molar-refractivity contribution in [3.05, 3.63) is 52.4 Å². The number of rotatable bonds is 3. The molecule has 0 radical (unpaired) electrons. The Kier molecular flexibility index (Phi) is 3.83. The molecule has 0 atom stereocenters. The van der Waals surface area contributed by atoms with Crippen molar-refractivity contribution >= 4 is 27.8 Å². The quantitative estimate of drug-likeness (QED) is 0.653. The average molecular weight is 376 g/mol. The number of amides is 1. The number of aromatic amines is 1. The molecule has 0 fully saturated rings. The number of anilines is 1. The molecule has 0 aliphatic heterocycles. The molecule has 0 bridgehead atoms. The number of nitrogens with zero attached hydrogens (tertiary/aromatic N) is 2. The van der Waals surface area contributed by atoms with Crippen LogP contribution in [0.5, 0.6) is 0 Å². The molecule has 23 heavy (non-hydrogen) atoms. The Bertz CT molecular complexity index is 909. The first-order chi connectivity index (χ1) is 11.0. The van der Waals surface area contributed by atoms with Gasteiger partial charge in [0.2, 0.25) is 5.95 Å². The molecule has 3 rings (SSSR count). The molecule has 1 amide bonds. The predicted octanol–water partition coefficient (Wildman–Crippen LogP) is 2.72. The van der Waals surface area contributed by atoms with Crippen LogP contribution in [0.4, 0.5) is 10.3 Å². The molecule has 116 valence electrons. The second-order valence-corrected chi connectivity index (χ2v) is 5.59. The number of carbonyl (C=O) groups is 1. The molecule has 2 aromatic heterocycles. The summed E-state index contributed by atoms with van der Waals surface area (Å²) in [6.07, 6.45) is 1.49. The molecule has 0 saturated heterocycles. The Balaban J connectivity index is 2.23. The highest BCUT2D eigenvalue weighted by atomic mass is 79.9. The van der Waals surface area contributed by atoms with E-state index in [1.54, 1.807) is 18.2 Å². The van der Waals surface area contributed by atoms with Gasteiger partial charge in [-0.1, -0.05) is 12.1 Å². The topological polar surface area (TPSA) is 111 Å². The van der Waals surface area contributed by atoms with Gasteiger partial charge in [-0.25, -0.2) is 14.4 Å². The molecule has 1 aromatic carbocycles. The summed E-state index contributed by atoms with van der Waals surface area (Å²) in [5, 5.41) is 0. The van der Waals surface area contributed by atoms with Crippen LogP contribution >= 0.6 is 15.9 Å². The Morgan fingerprint density at radius 1 is 1.30 bits per heavy atom. The van der Waals surface area contributed by atoms with Crippen molar-refractivity contribution in [1.29, 1.82) is 0 Å². The highest BCUT2D eigenvalue weighted by Crippen LogP contribution is 2.32. The number of nitrogens with one attached hydrogen (secondary N) is 1. The van der Waals surface area contributed by atoms with E-state index < -0.39 is 11.7 Å². The van der Waals surface area contributed by atoms with Gasteiger partial charge in [-0.3, -0.25) is 4.79 Å². The molecule has 3 aromatic rings. The van der Waals surface area contributed by atoms with E-state index in [0.717, 1.165) is 0 Å². The summed E-state index contributed by atoms with van der Waals surface area (Å²) in [7, 11) is 0. The minimum Gasteiger partial charge on any atom is -0.368 e. The summed E-state index contributed by atoms with van der Waals surface area (Å²) in [6.45, 7) is 0. The van der Waals surface area contributed by atoms with Crippen LogP contribution in [0.25, 0.3) is 22.6 Å². The third kappa shape index (κ3) is 2.80. The van der Waals surface area contributed by atoms with Gasteiger partial charge in [0.15, 0.2) is 0 Å². The molecule has 5 N–H and O–H groups in total. The maximum atomic E-state index is 14.0. The maximum Gasteiger partial charge on any atom is 0.250 e. The average Bonchev–Trinajstić information content (AvgIpc) is 2.95. The van der Waals surface area contributed by atoms with Crippen LogP contribution in [-0.2, 0) is 0 Å². The Hall–Kier alpha value is -2.74. The highest BCUT2D eigenvalue weighted by Gasteiger charge is 2.19. The van der Waals surface area contributed by atoms with Crippen molar-refractivity contribution in [3.63, 3.8) is 0 Å². The number of H-pyrrole nitrogens is 1. The Labute approximate surface area is 138 Å². The fourth-order valence-electron chi connectivity index (χ4n) is 2.22. The first-order valence-corrected chi connectivity index (χ1v) is 7.32. The van der Waals surface area contributed by atoms with Gasteiger partial charge in [0.05, 0.1) is 21.4 Å². The van der Waals surface area contributed by atoms with Crippen LogP contribution in [0.15, 0.2) is 41.0 Å². The van der Waals surface area contributed by atoms with E-state index in [-0.39, 0.29) is 22.8 Å². The predicted molar refractivity (Wildman–Crippen MR) is 87.8 cm³/mol. The number of hydrogen-bond donors (Lipinski definition) is 3. The largest absolute Gasteiger partial charge is 0.368 e. The first kappa shape index (κ1) is 15.2. The number of hydrogen-bond acceptors (Lipinski definition) is 4. The standard InChI is InChI=1S/C15H11BrFN5O/c16-9-6-20-15(19)22-13(9)11-5-8(14(18)23)12(21-11)7-3-1-2-4-10(7)17/h1-6,21H,(H2,18,23)(H2,19,20,22). The number of nitrogens with two attached hydrogens (primary N) is 2. The molecule has 8 heteroatoms. The molecule has 0 aliphatic rings. The van der Waals surface area contributed by atoms with Gasteiger partial charge < -0.3 is 16.5 Å². The SMILES string of the molecule is NC(=O)c1cc(-c2nc(N)ncc2Br)[nH]c1-c1ccccc1F. The fraction of sp³-hybridized carbons (Fsp3) is 0. The molecule has 0 saturated carbocycles. The molecule has 0 spiro atoms. The number of aromatic nitrogens is 3. The summed E-state index contributed by atoms with van der Waals surface area (Å²) in [6, 6.07) is 7.60. The number of nitrogen functional groups attached to an aromatic ring is 1. The monoisotopic (exact) mass is 375 g/mol. The molecule has 0 aliphatic carbocycles. The van der Waals surface area contributed by atoms with Gasteiger partial charge in [-0.2, -0.15) is 0 Å². The van der Waals surface area contributed by atoms with Crippen LogP contribution in [0.3, 0.4) is 0 Å². The summed E-state index contributed by atoms with van der Waals surface area (Å²) in [4.78, 5) is 22.7. The van der Waals surface area contributed by atoms with E-state index >= 15 is 0 Å². The van der Waals surface area contributed by atoms with E-state index in [1.807, 2.05) is 0 Å². The van der Waals surface area contributed by atoms with E-state index in [2.05, 4.69) is 30.9 Å². The minimum atomic E-state index is -0.677. The summed E-state index contributed by atoms with van der Waals surface area (Å²) in [5.41, 5.74) is 12.6. The summed E-state index contributed by atoms with van der Waals surface area (Å²) in [5.74, 6) is -1.07. The Morgan fingerprint density at radius 2 is 2.04 bits per heavy atom. The van der Waals surface area contributed by atoms with Crippen LogP contribution in [-0.4, -0.2) is 20.9 Å². The van der Waals surface area contributed by atoms with Crippen LogP contribution in [0.2, 0.25) is 0 Å². The number of carbonyl (C=O) groups excluding carboxylic acids is 1. The van der Waals surface area contributed by atoms with Crippen molar-refractivity contribution in [3.8, 4) is 22.6 Å². The van der Waals surface area contributed by atoms with Crippen molar-refractivity contribution in [1.82, 2.24) is 15.0 Å². The number of halogens is 2. The zero-order valence-electron chi connectivity index (χ0n) is 11.7. The molecule has 0 unspecified atom stereocenters. The van der Waals surface area contributed by atoms with E-state index in [0.29, 0.717) is 15.9 Å². The van der Waals surface area contributed by atoms with Crippen LogP contribution < -0.4 is 11.5 Å². The van der Waals surface area contributed by atoms with E-state index in [1.165, 1.54) is 18.3 Å². The number of primary amides is 1. The number of benzene rings is 1. The normalized spacial score (nSPS) is 10.7. The van der Waals surface area contributed by atoms with E-state index in [4.69, 9.17) is 11.5 Å². The second-order valence-electron chi connectivity index (χ2n) is 4.74. The zero-order valence-corrected chi connectivity index (χ0v) is 13.3. The van der Waals surface area contributed by atoms with Gasteiger partial charge in [-0.05, 0) is 34.1 Å². The highest BCUT2D eigenvalue weighted by molar-refractivity contribution is 9.10. The van der Waals surface area contributed by atoms with Gasteiger partial charge in [-0.15, -0.1) is 0 Å². The summed E-state index contributed by atoms with van der Waals surface area (Å²) >= 11 is 3.32. The van der Waals surface area contributed by atoms with Crippen molar-refractivity contribution in [2.45, 2.75) is 0 Å². The molecular weight excluding hydrogens is 365 g/mol. The van der Waals surface area contributed by atoms with Crippen molar-refractivity contribution < 1.29 is 9.18 Å². The molecule has 6 nitrogen and oxygen atoms in total. The zero-order chi connectivity index (χ0) is 16.6. The van der Waals surface area contributed by atoms with Gasteiger partial charge in [0.1, 0.15) is 11.5 Å². The van der Waals surface area contributed by atoms with Crippen LogP contribution in [0.1, 0.15) is 10.4 Å². The lowest BCUT2D eigenvalue weighted by Crippen LogP contribution is -2.11. The van der Waals surface area contributed by atoms with Crippen molar-refractivity contribution in [2.75, 3.05) is 5.73 Å². The fourth-order valence-corrected chi connectivity index (χ4v) is 2.63. The van der Waals surface area contributed by atoms with Gasteiger partial charge >= 0.3 is 0 Å². The van der Waals surface area contributed by atoms with Crippen LogP contribution in [0, 0.1) is 5.82 Å². The summed E-state index contributed by atoms with van der Waals surface area (Å²) < 4.78 is 14.6. The molecule has 2 heterocycles. The van der Waals surface area contributed by atoms with Crippen molar-refractivity contribution in [2.24, 2.45) is 5.73 Å². The lowest BCUT2D eigenvalue weighted by atomic mass is 10.1. The second kappa shape index (κ2) is 5.81. The maximum absolute atomic E-state index is 14.0. The molecular formula is C15H11BrFN5O. The lowest BCUT2D eigenvalue weighted by Gasteiger charge is -2.03. The first-order valence-electron chi connectivity index (χ1n) is 6.53. The third-order valence-electron chi connectivity index (χ3n) is 3.24. The lowest BCUT2D eigenvalue weighted by molar-refractivity contribution is 0.100. The smallest absolute Gasteiger partial charge is 0.250 e.